The van der Waals surface area contributed by atoms with Crippen molar-refractivity contribution in [3.05, 3.63) is 53.6 Å². The number of hydrogen-bond donors (Lipinski definition) is 0. The molecular formula is C24H31N3O2. The highest BCUT2D eigenvalue weighted by molar-refractivity contribution is 5.86. The molecule has 1 saturated heterocycles. The van der Waals surface area contributed by atoms with Crippen molar-refractivity contribution in [2.24, 2.45) is 0 Å². The molecule has 2 aromatic rings. The minimum Gasteiger partial charge on any atom is -0.495 e. The molecule has 1 atom stereocenters. The van der Waals surface area contributed by atoms with Gasteiger partial charge in [0, 0.05) is 38.4 Å². The third-order valence-electron chi connectivity index (χ3n) is 6.23. The van der Waals surface area contributed by atoms with Gasteiger partial charge in [-0.2, -0.15) is 0 Å². The van der Waals surface area contributed by atoms with Crippen LogP contribution in [-0.2, 0) is 11.2 Å². The van der Waals surface area contributed by atoms with Crippen LogP contribution in [0.5, 0.6) is 5.75 Å². The topological polar surface area (TPSA) is 36.0 Å². The summed E-state index contributed by atoms with van der Waals surface area (Å²) in [6.45, 7) is 8.29. The molecule has 5 heteroatoms. The molecule has 5 nitrogen and oxygen atoms in total. The van der Waals surface area contributed by atoms with Gasteiger partial charge in [-0.05, 0) is 50.5 Å². The minimum absolute atomic E-state index is 0.130. The first-order valence-electron chi connectivity index (χ1n) is 10.6. The van der Waals surface area contributed by atoms with Crippen LogP contribution in [-0.4, -0.2) is 56.7 Å². The van der Waals surface area contributed by atoms with Gasteiger partial charge in [0.25, 0.3) is 0 Å². The summed E-state index contributed by atoms with van der Waals surface area (Å²) in [7, 11) is 1.71. The van der Waals surface area contributed by atoms with E-state index in [1.54, 1.807) is 7.11 Å². The number of piperazine rings is 1. The lowest BCUT2D eigenvalue weighted by Crippen LogP contribution is -2.55. The molecule has 2 aliphatic rings. The molecule has 1 amide bonds. The molecule has 154 valence electrons. The number of benzene rings is 2. The number of methoxy groups -OCH3 is 1. The number of rotatable bonds is 4. The minimum atomic E-state index is -0.130. The fourth-order valence-electron chi connectivity index (χ4n) is 4.61. The molecule has 0 bridgehead atoms. The van der Waals surface area contributed by atoms with Gasteiger partial charge in [-0.25, -0.2) is 0 Å². The highest BCUT2D eigenvalue weighted by Crippen LogP contribution is 2.31. The number of fused-ring (bicyclic) bond motifs is 1. The third kappa shape index (κ3) is 3.91. The molecule has 0 aliphatic carbocycles. The van der Waals surface area contributed by atoms with Crippen molar-refractivity contribution >= 4 is 17.3 Å². The molecular weight excluding hydrogens is 362 g/mol. The number of amides is 1. The van der Waals surface area contributed by atoms with Crippen LogP contribution in [0.15, 0.2) is 42.5 Å². The Kier molecular flexibility index (Phi) is 5.65. The van der Waals surface area contributed by atoms with Crippen molar-refractivity contribution in [2.45, 2.75) is 32.7 Å². The fraction of sp³-hybridized carbons (Fsp3) is 0.458. The van der Waals surface area contributed by atoms with Gasteiger partial charge in [-0.3, -0.25) is 4.79 Å². The summed E-state index contributed by atoms with van der Waals surface area (Å²) in [4.78, 5) is 19.9. The monoisotopic (exact) mass is 393 g/mol. The summed E-state index contributed by atoms with van der Waals surface area (Å²) < 4.78 is 5.50. The predicted octanol–water partition coefficient (Wildman–Crippen LogP) is 3.49. The predicted molar refractivity (Wildman–Crippen MR) is 118 cm³/mol. The van der Waals surface area contributed by atoms with Crippen LogP contribution in [0.4, 0.5) is 11.4 Å². The average molecular weight is 394 g/mol. The van der Waals surface area contributed by atoms with E-state index in [0.717, 1.165) is 57.0 Å². The van der Waals surface area contributed by atoms with Gasteiger partial charge >= 0.3 is 0 Å². The molecule has 29 heavy (non-hydrogen) atoms. The van der Waals surface area contributed by atoms with E-state index in [1.165, 1.54) is 16.8 Å². The van der Waals surface area contributed by atoms with E-state index in [1.807, 2.05) is 23.1 Å². The number of anilines is 2. The molecule has 0 radical (unpaired) electrons. The first-order valence-corrected chi connectivity index (χ1v) is 10.6. The van der Waals surface area contributed by atoms with E-state index in [4.69, 9.17) is 4.74 Å². The van der Waals surface area contributed by atoms with Gasteiger partial charge in [0.1, 0.15) is 11.8 Å². The van der Waals surface area contributed by atoms with Crippen molar-refractivity contribution in [1.82, 2.24) is 4.90 Å². The zero-order valence-corrected chi connectivity index (χ0v) is 17.7. The Hall–Kier alpha value is -2.69. The Bertz CT molecular complexity index is 874. The number of hydrogen-bond acceptors (Lipinski definition) is 4. The summed E-state index contributed by atoms with van der Waals surface area (Å²) in [6, 6.07) is 14.6. The Morgan fingerprint density at radius 3 is 2.52 bits per heavy atom. The van der Waals surface area contributed by atoms with Crippen LogP contribution >= 0.6 is 0 Å². The summed E-state index contributed by atoms with van der Waals surface area (Å²) in [5.74, 6) is 1.12. The molecule has 2 aliphatic heterocycles. The van der Waals surface area contributed by atoms with E-state index in [2.05, 4.69) is 47.9 Å². The van der Waals surface area contributed by atoms with Gasteiger partial charge in [-0.15, -0.1) is 0 Å². The summed E-state index contributed by atoms with van der Waals surface area (Å²) in [6.07, 6.45) is 2.21. The van der Waals surface area contributed by atoms with Gasteiger partial charge < -0.3 is 19.4 Å². The van der Waals surface area contributed by atoms with Gasteiger partial charge in [0.15, 0.2) is 0 Å². The zero-order valence-electron chi connectivity index (χ0n) is 17.7. The number of aryl methyl sites for hydroxylation is 2. The zero-order chi connectivity index (χ0) is 20.4. The summed E-state index contributed by atoms with van der Waals surface area (Å²) in [5.41, 5.74) is 5.00. The maximum absolute atomic E-state index is 13.3. The van der Waals surface area contributed by atoms with Crippen LogP contribution in [0.3, 0.4) is 0 Å². The van der Waals surface area contributed by atoms with Crippen molar-refractivity contribution in [3.8, 4) is 5.75 Å². The van der Waals surface area contributed by atoms with E-state index >= 15 is 0 Å². The standard InChI is InChI=1S/C24H31N3O2/c1-18-10-11-21-20(17-18)7-6-12-27(21)19(2)24(28)26-15-13-25(14-16-26)22-8-4-5-9-23(22)29-3/h4-5,8-11,17,19H,6-7,12-16H2,1-3H3/t19-/m0/s1. The number of ether oxygens (including phenoxy) is 1. The lowest BCUT2D eigenvalue weighted by atomic mass is 9.98. The second-order valence-corrected chi connectivity index (χ2v) is 8.09. The fourth-order valence-corrected chi connectivity index (χ4v) is 4.61. The van der Waals surface area contributed by atoms with Gasteiger partial charge in [0.05, 0.1) is 12.8 Å². The Morgan fingerprint density at radius 2 is 1.76 bits per heavy atom. The van der Waals surface area contributed by atoms with E-state index < -0.39 is 0 Å². The smallest absolute Gasteiger partial charge is 0.245 e. The molecule has 0 aromatic heterocycles. The van der Waals surface area contributed by atoms with Crippen LogP contribution in [0.2, 0.25) is 0 Å². The first-order chi connectivity index (χ1) is 14.1. The molecule has 0 saturated carbocycles. The second-order valence-electron chi connectivity index (χ2n) is 8.09. The van der Waals surface area contributed by atoms with Crippen molar-refractivity contribution in [2.75, 3.05) is 49.6 Å². The highest BCUT2D eigenvalue weighted by atomic mass is 16.5. The third-order valence-corrected chi connectivity index (χ3v) is 6.23. The van der Waals surface area contributed by atoms with Crippen LogP contribution in [0.25, 0.3) is 0 Å². The molecule has 0 spiro atoms. The SMILES string of the molecule is COc1ccccc1N1CCN(C(=O)[C@H](C)N2CCCc3cc(C)ccc32)CC1. The molecule has 1 fully saturated rings. The number of carbonyl (C=O) groups excluding carboxylic acids is 1. The van der Waals surface area contributed by atoms with Crippen molar-refractivity contribution in [3.63, 3.8) is 0 Å². The number of nitrogens with zero attached hydrogens (tertiary/aromatic N) is 3. The van der Waals surface area contributed by atoms with E-state index in [0.29, 0.717) is 0 Å². The quantitative estimate of drug-likeness (QED) is 0.797. The number of carbonyl (C=O) groups is 1. The molecule has 0 N–H and O–H groups in total. The summed E-state index contributed by atoms with van der Waals surface area (Å²) in [5, 5.41) is 0. The maximum Gasteiger partial charge on any atom is 0.245 e. The highest BCUT2D eigenvalue weighted by Gasteiger charge is 2.31. The largest absolute Gasteiger partial charge is 0.495 e. The van der Waals surface area contributed by atoms with Gasteiger partial charge in [-0.1, -0.05) is 29.8 Å². The molecule has 4 rings (SSSR count). The lowest BCUT2D eigenvalue weighted by Gasteiger charge is -2.41. The average Bonchev–Trinajstić information content (AvgIpc) is 2.77. The normalized spacial score (nSPS) is 17.7. The van der Waals surface area contributed by atoms with E-state index in [-0.39, 0.29) is 11.9 Å². The second kappa shape index (κ2) is 8.36. The van der Waals surface area contributed by atoms with Crippen LogP contribution in [0, 0.1) is 6.92 Å². The first kappa shape index (κ1) is 19.6. The molecule has 2 aromatic carbocycles. The Morgan fingerprint density at radius 1 is 1.00 bits per heavy atom. The molecule has 0 unspecified atom stereocenters. The lowest BCUT2D eigenvalue weighted by molar-refractivity contribution is -0.132. The number of para-hydroxylation sites is 2. The Balaban J connectivity index is 1.43. The Labute approximate surface area is 173 Å². The van der Waals surface area contributed by atoms with Gasteiger partial charge in [0.2, 0.25) is 5.91 Å². The molecule has 2 heterocycles. The van der Waals surface area contributed by atoms with Crippen molar-refractivity contribution in [1.29, 1.82) is 0 Å². The summed E-state index contributed by atoms with van der Waals surface area (Å²) >= 11 is 0. The van der Waals surface area contributed by atoms with Crippen LogP contribution in [0.1, 0.15) is 24.5 Å². The van der Waals surface area contributed by atoms with Crippen molar-refractivity contribution < 1.29 is 9.53 Å². The van der Waals surface area contributed by atoms with Crippen LogP contribution < -0.4 is 14.5 Å². The van der Waals surface area contributed by atoms with E-state index in [9.17, 15) is 4.79 Å². The maximum atomic E-state index is 13.3.